The van der Waals surface area contributed by atoms with Crippen molar-refractivity contribution in [1.29, 1.82) is 0 Å². The number of benzene rings is 3. The first kappa shape index (κ1) is 74.6. The fraction of sp³-hybridized carbons (Fsp3) is 0.407. The number of hydrogen-bond acceptors (Lipinski definition) is 19. The minimum atomic E-state index is -0.645. The highest BCUT2D eigenvalue weighted by atomic mass is 16.5. The Kier molecular flexibility index (Phi) is 22.0. The molecule has 111 heavy (non-hydrogen) atoms. The zero-order valence-electron chi connectivity index (χ0n) is 65.7. The molecule has 3 atom stereocenters. The van der Waals surface area contributed by atoms with E-state index >= 15 is 0 Å². The van der Waals surface area contributed by atoms with Gasteiger partial charge in [-0.05, 0) is 91.3 Å². The standard InChI is InChI=1S/C31H40N8O.C28H34N8.C27H31N7O/c1-22-18-24-20-36(4)29(23-8-6-5-7-9-23)27(24)28-25(22)19-32-30(34-28)33-26-10-11-39(35-26)17-16-37-12-14-38(15-13-37)21-31(2,3)40;1-20-17-22-19-34(3)27(21-7-5-4-6-8-21)25(22)26-23(20)18-29-28(31-26)30-24-9-10-36(32-24)16-15-35-13-11-33(2)12-14-35;1-19-16-21-18-32(2)26(20-6-4-3-5-7-20)24(21)25-22(19)17-28-27(30-25)29-23-8-9-34(31-23)11-10-33-12-14-35-15-13-33/h5-11,19-20,22,40H,12-18,21H2,1-4H3,(H,32,33,34,35);4-10,18-20H,11-17H2,1-3H3,(H,29,30,31,32);3-9,17-19H,10-16H2,1-2H3,(H,28,29,30,31)/t22-;20-;19-/m111/s1. The lowest BCUT2D eigenvalue weighted by atomic mass is 9.83. The summed E-state index contributed by atoms with van der Waals surface area (Å²) in [5.41, 5.74) is 20.8. The van der Waals surface area contributed by atoms with Crippen molar-refractivity contribution in [2.75, 3.05) is 128 Å². The molecular formula is C86H105N23O2. The van der Waals surface area contributed by atoms with Crippen LogP contribution in [0.5, 0.6) is 0 Å². The molecular weight excluding hydrogens is 1390 g/mol. The van der Waals surface area contributed by atoms with Crippen molar-refractivity contribution in [3.63, 3.8) is 0 Å². The minimum absolute atomic E-state index is 0.360. The quantitative estimate of drug-likeness (QED) is 0.0556. The van der Waals surface area contributed by atoms with Gasteiger partial charge in [0.05, 0.1) is 72.6 Å². The van der Waals surface area contributed by atoms with Crippen molar-refractivity contribution in [3.05, 3.63) is 198 Å². The Morgan fingerprint density at radius 2 is 0.721 bits per heavy atom. The van der Waals surface area contributed by atoms with Crippen LogP contribution in [0.2, 0.25) is 0 Å². The van der Waals surface area contributed by atoms with E-state index in [2.05, 4.69) is 228 Å². The Hall–Kier alpha value is -10.5. The summed E-state index contributed by atoms with van der Waals surface area (Å²) in [4.78, 5) is 41.2. The van der Waals surface area contributed by atoms with Gasteiger partial charge in [0.1, 0.15) is 0 Å². The van der Waals surface area contributed by atoms with Crippen LogP contribution < -0.4 is 16.0 Å². The molecule has 3 aliphatic carbocycles. The Bertz CT molecular complexity index is 5140. The van der Waals surface area contributed by atoms with Crippen LogP contribution in [-0.2, 0) is 64.8 Å². The van der Waals surface area contributed by atoms with Crippen LogP contribution >= 0.6 is 0 Å². The van der Waals surface area contributed by atoms with Gasteiger partial charge in [-0.25, -0.2) is 29.9 Å². The first-order valence-electron chi connectivity index (χ1n) is 39.6. The first-order valence-corrected chi connectivity index (χ1v) is 39.6. The van der Waals surface area contributed by atoms with Gasteiger partial charge in [-0.3, -0.25) is 33.6 Å². The second-order valence-electron chi connectivity index (χ2n) is 31.7. The van der Waals surface area contributed by atoms with Crippen molar-refractivity contribution in [2.45, 2.75) is 96.9 Å². The molecule has 3 aromatic carbocycles. The molecule has 25 nitrogen and oxygen atoms in total. The van der Waals surface area contributed by atoms with E-state index in [1.165, 1.54) is 83.8 Å². The van der Waals surface area contributed by atoms with Gasteiger partial charge in [-0.2, -0.15) is 15.3 Å². The molecule has 25 heteroatoms. The number of likely N-dealkylation sites (N-methyl/N-ethyl adjacent to an activating group) is 1. The monoisotopic (exact) mass is 1490 g/mol. The summed E-state index contributed by atoms with van der Waals surface area (Å²) in [6.45, 7) is 28.8. The van der Waals surface area contributed by atoms with Gasteiger partial charge in [0.2, 0.25) is 17.8 Å². The van der Waals surface area contributed by atoms with Crippen LogP contribution in [0.15, 0.2) is 165 Å². The Balaban J connectivity index is 0.000000127. The average molecular weight is 1490 g/mol. The average Bonchev–Trinajstić information content (AvgIpc) is 1.64. The minimum Gasteiger partial charge on any atom is -0.389 e. The molecule has 6 aliphatic rings. The van der Waals surface area contributed by atoms with E-state index in [1.54, 1.807) is 0 Å². The molecule has 0 saturated carbocycles. The lowest BCUT2D eigenvalue weighted by Crippen LogP contribution is -2.50. The number of aryl methyl sites for hydroxylation is 3. The molecule has 12 aromatic rings. The second-order valence-corrected chi connectivity index (χ2v) is 31.7. The Morgan fingerprint density at radius 1 is 0.405 bits per heavy atom. The molecule has 18 rings (SSSR count). The summed E-state index contributed by atoms with van der Waals surface area (Å²) in [7, 11) is 8.55. The fourth-order valence-electron chi connectivity index (χ4n) is 16.9. The Labute approximate surface area is 651 Å². The number of hydrogen-bond donors (Lipinski definition) is 4. The zero-order valence-corrected chi connectivity index (χ0v) is 65.7. The third-order valence-corrected chi connectivity index (χ3v) is 22.6. The van der Waals surface area contributed by atoms with Gasteiger partial charge in [0.25, 0.3) is 0 Å². The topological polar surface area (TPSA) is 227 Å². The highest BCUT2D eigenvalue weighted by Gasteiger charge is 2.34. The smallest absolute Gasteiger partial charge is 0.228 e. The van der Waals surface area contributed by atoms with Crippen LogP contribution in [0.3, 0.4) is 0 Å². The van der Waals surface area contributed by atoms with Crippen LogP contribution in [0, 0.1) is 0 Å². The number of aliphatic hydroxyl groups is 1. The van der Waals surface area contributed by atoms with Crippen LogP contribution in [0.4, 0.5) is 35.3 Å². The highest BCUT2D eigenvalue weighted by Crippen LogP contribution is 2.48. The number of nitrogens with zero attached hydrogens (tertiary/aromatic N) is 20. The summed E-state index contributed by atoms with van der Waals surface area (Å²) >= 11 is 0. The summed E-state index contributed by atoms with van der Waals surface area (Å²) in [5.74, 6) is 5.11. The van der Waals surface area contributed by atoms with E-state index in [9.17, 15) is 5.11 Å². The van der Waals surface area contributed by atoms with Crippen LogP contribution in [0.1, 0.15) is 85.8 Å². The van der Waals surface area contributed by atoms with E-state index in [0.29, 0.717) is 35.6 Å². The zero-order chi connectivity index (χ0) is 76.3. The number of piperazine rings is 2. The molecule has 0 spiro atoms. The van der Waals surface area contributed by atoms with Gasteiger partial charge in [-0.15, -0.1) is 0 Å². The Morgan fingerprint density at radius 3 is 1.05 bits per heavy atom. The number of aromatic nitrogens is 15. The lowest BCUT2D eigenvalue weighted by molar-refractivity contribution is 0.0173. The van der Waals surface area contributed by atoms with E-state index < -0.39 is 5.60 Å². The van der Waals surface area contributed by atoms with E-state index in [1.807, 2.05) is 83.3 Å². The molecule has 3 saturated heterocycles. The van der Waals surface area contributed by atoms with Gasteiger partial charge in [0, 0.05) is 220 Å². The summed E-state index contributed by atoms with van der Waals surface area (Å²) in [6.07, 6.45) is 21.7. The van der Waals surface area contributed by atoms with Crippen LogP contribution in [-0.4, -0.2) is 220 Å². The fourth-order valence-corrected chi connectivity index (χ4v) is 16.9. The predicted octanol–water partition coefficient (Wildman–Crippen LogP) is 12.2. The van der Waals surface area contributed by atoms with Gasteiger partial charge >= 0.3 is 0 Å². The second kappa shape index (κ2) is 32.8. The first-order chi connectivity index (χ1) is 53.9. The largest absolute Gasteiger partial charge is 0.389 e. The van der Waals surface area contributed by atoms with Gasteiger partial charge < -0.3 is 44.4 Å². The number of nitrogens with one attached hydrogen (secondary N) is 3. The van der Waals surface area contributed by atoms with Crippen molar-refractivity contribution in [3.8, 4) is 67.5 Å². The van der Waals surface area contributed by atoms with E-state index in [4.69, 9.17) is 35.0 Å². The normalized spacial score (nSPS) is 17.9. The maximum Gasteiger partial charge on any atom is 0.228 e. The molecule has 9 aromatic heterocycles. The number of rotatable bonds is 20. The molecule has 0 amide bonds. The summed E-state index contributed by atoms with van der Waals surface area (Å²) < 4.78 is 18.1. The molecule has 4 N–H and O–H groups in total. The highest BCUT2D eigenvalue weighted by molar-refractivity contribution is 5.89. The SMILES string of the molecule is C[C@@H]1Cc2cn(C)c(-c3ccccc3)c2-c2nc(Nc3ccn(CCN4CCN(C)CC4)n3)ncc21.C[C@@H]1Cc2cn(C)c(-c3ccccc3)c2-c2nc(Nc3ccn(CCN4CCN(CC(C)(C)O)CC4)n3)ncc21.C[C@@H]1Cc2cn(C)c(-c3ccccc3)c2-c2nc(Nc3ccn(CCN4CCOCC4)n3)ncc21. The predicted molar refractivity (Wildman–Crippen MR) is 439 cm³/mol. The number of ether oxygens (including phenoxy) is 1. The molecule has 3 fully saturated rings. The number of anilines is 6. The van der Waals surface area contributed by atoms with Crippen molar-refractivity contribution in [1.82, 2.24) is 97.4 Å². The summed E-state index contributed by atoms with van der Waals surface area (Å²) in [5, 5.41) is 34.3. The van der Waals surface area contributed by atoms with Crippen molar-refractivity contribution < 1.29 is 9.84 Å². The lowest BCUT2D eigenvalue weighted by Gasteiger charge is -2.37. The molecule has 12 heterocycles. The van der Waals surface area contributed by atoms with Gasteiger partial charge in [-0.1, -0.05) is 112 Å². The van der Waals surface area contributed by atoms with Crippen molar-refractivity contribution in [2.24, 2.45) is 21.1 Å². The summed E-state index contributed by atoms with van der Waals surface area (Å²) in [6, 6.07) is 37.6. The third-order valence-electron chi connectivity index (χ3n) is 22.6. The maximum absolute atomic E-state index is 10.1. The van der Waals surface area contributed by atoms with E-state index in [-0.39, 0.29) is 0 Å². The van der Waals surface area contributed by atoms with Crippen LogP contribution in [0.25, 0.3) is 67.5 Å². The van der Waals surface area contributed by atoms with Crippen molar-refractivity contribution >= 4 is 35.3 Å². The molecule has 0 unspecified atom stereocenters. The molecule has 0 radical (unpaired) electrons. The molecule has 576 valence electrons. The number of β-amino-alcohol motifs (C(OH)–C–C–N with tert-alkyl or cyclic N) is 1. The van der Waals surface area contributed by atoms with E-state index in [0.717, 1.165) is 178 Å². The van der Waals surface area contributed by atoms with Gasteiger partial charge in [0.15, 0.2) is 17.5 Å². The molecule has 0 bridgehead atoms. The molecule has 3 aliphatic heterocycles. The number of morpholine rings is 1. The third kappa shape index (κ3) is 17.1. The maximum atomic E-state index is 10.1. The number of fused-ring (bicyclic) bond motifs is 9.